The molecule has 1 amide bonds. The van der Waals surface area contributed by atoms with Gasteiger partial charge in [0.25, 0.3) is 0 Å². The van der Waals surface area contributed by atoms with E-state index >= 15 is 0 Å². The van der Waals surface area contributed by atoms with Crippen molar-refractivity contribution in [2.45, 2.75) is 62.9 Å². The van der Waals surface area contributed by atoms with Gasteiger partial charge in [-0.25, -0.2) is 0 Å². The van der Waals surface area contributed by atoms with Gasteiger partial charge in [-0.3, -0.25) is 9.36 Å². The van der Waals surface area contributed by atoms with E-state index in [2.05, 4.69) is 21.7 Å². The summed E-state index contributed by atoms with van der Waals surface area (Å²) in [6.45, 7) is 4.43. The molecule has 0 unspecified atom stereocenters. The Balaban J connectivity index is 1.52. The van der Waals surface area contributed by atoms with E-state index in [1.54, 1.807) is 12.1 Å². The quantitative estimate of drug-likeness (QED) is 0.728. The molecule has 2 aliphatic rings. The molecule has 156 valence electrons. The summed E-state index contributed by atoms with van der Waals surface area (Å²) in [5.41, 5.74) is 0.885. The molecule has 29 heavy (non-hydrogen) atoms. The molecule has 2 atom stereocenters. The third kappa shape index (κ3) is 4.75. The fraction of sp³-hybridized carbons (Fsp3) is 0.571. The summed E-state index contributed by atoms with van der Waals surface area (Å²) in [5.74, 6) is 1.49. The predicted molar refractivity (Wildman–Crippen MR) is 112 cm³/mol. The number of piperidine rings is 1. The number of likely N-dealkylation sites (tertiary alicyclic amines) is 1. The fourth-order valence-electron chi connectivity index (χ4n) is 4.05. The largest absolute Gasteiger partial charge is 0.508 e. The summed E-state index contributed by atoms with van der Waals surface area (Å²) < 4.78 is 7.88. The van der Waals surface area contributed by atoms with E-state index in [9.17, 15) is 9.90 Å². The molecule has 8 heteroatoms. The Kier molecular flexibility index (Phi) is 6.40. The molecule has 0 bridgehead atoms. The molecular formula is C21H28N4O3S. The highest BCUT2D eigenvalue weighted by atomic mass is 32.2. The van der Waals surface area contributed by atoms with Gasteiger partial charge in [0.1, 0.15) is 5.75 Å². The van der Waals surface area contributed by atoms with Crippen LogP contribution < -0.4 is 0 Å². The van der Waals surface area contributed by atoms with Gasteiger partial charge in [-0.15, -0.1) is 10.2 Å². The zero-order chi connectivity index (χ0) is 20.2. The van der Waals surface area contributed by atoms with Crippen LogP contribution in [0.15, 0.2) is 29.4 Å². The van der Waals surface area contributed by atoms with E-state index < -0.39 is 0 Å². The van der Waals surface area contributed by atoms with Crippen LogP contribution in [0, 0.1) is 0 Å². The van der Waals surface area contributed by atoms with Crippen LogP contribution in [-0.4, -0.2) is 61.7 Å². The van der Waals surface area contributed by atoms with E-state index in [-0.39, 0.29) is 17.8 Å². The van der Waals surface area contributed by atoms with Gasteiger partial charge in [-0.2, -0.15) is 0 Å². The van der Waals surface area contributed by atoms with Crippen LogP contribution in [0.4, 0.5) is 0 Å². The minimum atomic E-state index is 0.138. The van der Waals surface area contributed by atoms with Crippen molar-refractivity contribution in [1.29, 1.82) is 0 Å². The SMILES string of the molecule is C[C@H]1CCCCN1C(=O)CSc1nnc(-c2ccc(O)cc2)n1C[C@H]1CCCO1. The van der Waals surface area contributed by atoms with Gasteiger partial charge < -0.3 is 14.7 Å². The Labute approximate surface area is 175 Å². The molecular weight excluding hydrogens is 388 g/mol. The van der Waals surface area contributed by atoms with Gasteiger partial charge in [0.2, 0.25) is 5.91 Å². The highest BCUT2D eigenvalue weighted by Crippen LogP contribution is 2.28. The molecule has 2 fully saturated rings. The zero-order valence-electron chi connectivity index (χ0n) is 16.8. The Bertz CT molecular complexity index is 833. The van der Waals surface area contributed by atoms with E-state index in [1.165, 1.54) is 18.2 Å². The molecule has 4 rings (SSSR count). The summed E-state index contributed by atoms with van der Waals surface area (Å²) in [7, 11) is 0. The summed E-state index contributed by atoms with van der Waals surface area (Å²) in [4.78, 5) is 14.7. The van der Waals surface area contributed by atoms with Crippen molar-refractivity contribution in [2.24, 2.45) is 0 Å². The molecule has 2 aliphatic heterocycles. The minimum Gasteiger partial charge on any atom is -0.508 e. The number of aromatic nitrogens is 3. The molecule has 3 heterocycles. The monoisotopic (exact) mass is 416 g/mol. The topological polar surface area (TPSA) is 80.5 Å². The second kappa shape index (κ2) is 9.17. The first-order chi connectivity index (χ1) is 14.1. The molecule has 1 N–H and O–H groups in total. The number of rotatable bonds is 6. The van der Waals surface area contributed by atoms with Crippen molar-refractivity contribution in [3.05, 3.63) is 24.3 Å². The Hall–Kier alpha value is -2.06. The number of amides is 1. The average Bonchev–Trinajstić information content (AvgIpc) is 3.38. The van der Waals surface area contributed by atoms with Crippen molar-refractivity contribution >= 4 is 17.7 Å². The van der Waals surface area contributed by atoms with Crippen molar-refractivity contribution in [1.82, 2.24) is 19.7 Å². The van der Waals surface area contributed by atoms with Crippen LogP contribution >= 0.6 is 11.8 Å². The van der Waals surface area contributed by atoms with Crippen LogP contribution in [0.1, 0.15) is 39.0 Å². The number of benzene rings is 1. The van der Waals surface area contributed by atoms with Gasteiger partial charge in [-0.05, 0) is 63.3 Å². The van der Waals surface area contributed by atoms with Crippen molar-refractivity contribution < 1.29 is 14.6 Å². The number of carbonyl (C=O) groups excluding carboxylic acids is 1. The minimum absolute atomic E-state index is 0.138. The number of hydrogen-bond donors (Lipinski definition) is 1. The summed E-state index contributed by atoms with van der Waals surface area (Å²) in [6, 6.07) is 7.28. The Morgan fingerprint density at radius 2 is 2.03 bits per heavy atom. The Morgan fingerprint density at radius 3 is 2.76 bits per heavy atom. The van der Waals surface area contributed by atoms with Crippen LogP contribution in [0.5, 0.6) is 5.75 Å². The van der Waals surface area contributed by atoms with Crippen LogP contribution in [0.3, 0.4) is 0 Å². The lowest BCUT2D eigenvalue weighted by Crippen LogP contribution is -2.43. The number of phenolic OH excluding ortho intramolecular Hbond substituents is 1. The highest BCUT2D eigenvalue weighted by molar-refractivity contribution is 7.99. The number of aromatic hydroxyl groups is 1. The average molecular weight is 417 g/mol. The fourth-order valence-corrected chi connectivity index (χ4v) is 4.89. The standard InChI is InChI=1S/C21H28N4O3S/c1-15-5-2-3-11-24(15)19(27)14-29-21-23-22-20(16-7-9-17(26)10-8-16)25(21)13-18-6-4-12-28-18/h7-10,15,18,26H,2-6,11-14H2,1H3/t15-,18+/m0/s1. The molecule has 0 aliphatic carbocycles. The van der Waals surface area contributed by atoms with Crippen molar-refractivity contribution in [2.75, 3.05) is 18.9 Å². The van der Waals surface area contributed by atoms with E-state index in [0.717, 1.165) is 55.4 Å². The molecule has 0 saturated carbocycles. The summed E-state index contributed by atoms with van der Waals surface area (Å²) in [6.07, 6.45) is 5.58. The number of nitrogens with zero attached hydrogens (tertiary/aromatic N) is 4. The first kappa shape index (κ1) is 20.2. The van der Waals surface area contributed by atoms with Gasteiger partial charge >= 0.3 is 0 Å². The maximum atomic E-state index is 12.7. The van der Waals surface area contributed by atoms with Crippen LogP contribution in [-0.2, 0) is 16.1 Å². The van der Waals surface area contributed by atoms with Crippen LogP contribution in [0.2, 0.25) is 0 Å². The first-order valence-electron chi connectivity index (χ1n) is 10.4. The van der Waals surface area contributed by atoms with Gasteiger partial charge in [0, 0.05) is 24.8 Å². The number of hydrogen-bond acceptors (Lipinski definition) is 6. The molecule has 7 nitrogen and oxygen atoms in total. The first-order valence-corrected chi connectivity index (χ1v) is 11.4. The molecule has 2 saturated heterocycles. The van der Waals surface area contributed by atoms with Crippen LogP contribution in [0.25, 0.3) is 11.4 Å². The van der Waals surface area contributed by atoms with Crippen molar-refractivity contribution in [3.63, 3.8) is 0 Å². The normalized spacial score (nSPS) is 22.2. The maximum Gasteiger partial charge on any atom is 0.233 e. The molecule has 2 aromatic rings. The van der Waals surface area contributed by atoms with Gasteiger partial charge in [0.05, 0.1) is 18.4 Å². The molecule has 0 spiro atoms. The smallest absolute Gasteiger partial charge is 0.233 e. The summed E-state index contributed by atoms with van der Waals surface area (Å²) >= 11 is 1.45. The molecule has 1 aromatic carbocycles. The summed E-state index contributed by atoms with van der Waals surface area (Å²) in [5, 5.41) is 19.1. The molecule has 0 radical (unpaired) electrons. The number of phenols is 1. The lowest BCUT2D eigenvalue weighted by molar-refractivity contribution is -0.131. The number of thioether (sulfide) groups is 1. The number of ether oxygens (including phenoxy) is 1. The van der Waals surface area contributed by atoms with Gasteiger partial charge in [-0.1, -0.05) is 11.8 Å². The predicted octanol–water partition coefficient (Wildman–Crippen LogP) is 3.32. The second-order valence-electron chi connectivity index (χ2n) is 7.82. The second-order valence-corrected chi connectivity index (χ2v) is 8.76. The maximum absolute atomic E-state index is 12.7. The lowest BCUT2D eigenvalue weighted by atomic mass is 10.0. The van der Waals surface area contributed by atoms with E-state index in [1.807, 2.05) is 17.0 Å². The van der Waals surface area contributed by atoms with E-state index in [4.69, 9.17) is 4.74 Å². The molecule has 1 aromatic heterocycles. The zero-order valence-corrected chi connectivity index (χ0v) is 17.6. The van der Waals surface area contributed by atoms with Crippen molar-refractivity contribution in [3.8, 4) is 17.1 Å². The lowest BCUT2D eigenvalue weighted by Gasteiger charge is -2.33. The third-order valence-corrected chi connectivity index (χ3v) is 6.65. The highest BCUT2D eigenvalue weighted by Gasteiger charge is 2.25. The third-order valence-electron chi connectivity index (χ3n) is 5.70. The number of carbonyl (C=O) groups is 1. The van der Waals surface area contributed by atoms with Gasteiger partial charge in [0.15, 0.2) is 11.0 Å². The van der Waals surface area contributed by atoms with E-state index in [0.29, 0.717) is 18.3 Å². The Morgan fingerprint density at radius 1 is 1.21 bits per heavy atom.